The molecule has 2 aromatic heterocycles. The summed E-state index contributed by atoms with van der Waals surface area (Å²) in [5.74, 6) is 0. The molecule has 2 rings (SSSR count). The third-order valence-corrected chi connectivity index (χ3v) is 5.97. The molecule has 110 valence electrons. The molecule has 0 radical (unpaired) electrons. The highest BCUT2D eigenvalue weighted by atomic mass is 32.1. The van der Waals surface area contributed by atoms with E-state index >= 15 is 0 Å². The molecule has 0 N–H and O–H groups in total. The summed E-state index contributed by atoms with van der Waals surface area (Å²) in [6, 6.07) is 3.99. The summed E-state index contributed by atoms with van der Waals surface area (Å²) in [5.41, 5.74) is -1.19. The van der Waals surface area contributed by atoms with E-state index in [1.807, 2.05) is 6.07 Å². The highest BCUT2D eigenvalue weighted by Gasteiger charge is 2.43. The first-order valence-electron chi connectivity index (χ1n) is 5.87. The smallest absolute Gasteiger partial charge is 0.267 e. The van der Waals surface area contributed by atoms with Crippen LogP contribution in [0.15, 0.2) is 11.0 Å². The lowest BCUT2D eigenvalue weighted by molar-refractivity contribution is 0.973. The van der Waals surface area contributed by atoms with Crippen LogP contribution >= 0.6 is 47.5 Å². The Kier molecular flexibility index (Phi) is 4.63. The number of hydrogen-bond acceptors (Lipinski definition) is 8. The van der Waals surface area contributed by atoms with Gasteiger partial charge in [0.2, 0.25) is 0 Å². The van der Waals surface area contributed by atoms with E-state index in [-0.39, 0.29) is 5.56 Å². The molecular formula is C13H8N4OS4. The molecule has 5 nitrogen and oxygen atoms in total. The number of thiocarbonyl (C=S) groups is 2. The quantitative estimate of drug-likeness (QED) is 0.774. The monoisotopic (exact) mass is 364 g/mol. The average Bonchev–Trinajstić information content (AvgIpc) is 3.07. The Balaban J connectivity index is 2.96. The van der Waals surface area contributed by atoms with Gasteiger partial charge in [-0.05, 0) is 18.5 Å². The average molecular weight is 365 g/mol. The minimum atomic E-state index is -1.12. The number of nitrogens with zero attached hydrogens (tertiary/aromatic N) is 4. The first-order chi connectivity index (χ1) is 10.4. The minimum absolute atomic E-state index is 0.00455. The Morgan fingerprint density at radius 2 is 2.14 bits per heavy atom. The molecule has 0 amide bonds. The third-order valence-electron chi connectivity index (χ3n) is 3.21. The van der Waals surface area contributed by atoms with Gasteiger partial charge in [-0.25, -0.2) is 0 Å². The normalized spacial score (nSPS) is 12.9. The predicted octanol–water partition coefficient (Wildman–Crippen LogP) is 2.32. The highest BCUT2D eigenvalue weighted by molar-refractivity contribution is 7.81. The topological polar surface area (TPSA) is 82.5 Å². The zero-order chi connectivity index (χ0) is 16.5. The van der Waals surface area contributed by atoms with Crippen molar-refractivity contribution in [3.8, 4) is 12.1 Å². The van der Waals surface area contributed by atoms with Crippen molar-refractivity contribution in [1.82, 2.24) is 8.33 Å². The summed E-state index contributed by atoms with van der Waals surface area (Å²) < 4.78 is 5.38. The van der Waals surface area contributed by atoms with Crippen LogP contribution in [0.2, 0.25) is 0 Å². The molecule has 2 heterocycles. The van der Waals surface area contributed by atoms with E-state index in [9.17, 15) is 15.3 Å². The van der Waals surface area contributed by atoms with Gasteiger partial charge in [0.05, 0.1) is 21.5 Å². The van der Waals surface area contributed by atoms with Crippen LogP contribution in [0.4, 0.5) is 0 Å². The van der Waals surface area contributed by atoms with E-state index in [1.165, 1.54) is 15.5 Å². The number of rotatable bonds is 4. The maximum absolute atomic E-state index is 12.1. The fraction of sp³-hybridized carbons (Fsp3) is 0.231. The van der Waals surface area contributed by atoms with Gasteiger partial charge >= 0.3 is 0 Å². The Hall–Kier alpha value is -1.78. The fourth-order valence-corrected chi connectivity index (χ4v) is 5.20. The largest absolute Gasteiger partial charge is 0.278 e. The van der Waals surface area contributed by atoms with Crippen molar-refractivity contribution in [3.63, 3.8) is 0 Å². The van der Waals surface area contributed by atoms with Crippen molar-refractivity contribution < 1.29 is 0 Å². The number of aromatic nitrogens is 2. The third kappa shape index (κ3) is 2.23. The van der Waals surface area contributed by atoms with Crippen molar-refractivity contribution in [2.24, 2.45) is 7.05 Å². The fourth-order valence-electron chi connectivity index (χ4n) is 2.06. The van der Waals surface area contributed by atoms with Crippen LogP contribution in [-0.2, 0) is 12.5 Å². The maximum Gasteiger partial charge on any atom is 0.278 e. The van der Waals surface area contributed by atoms with E-state index < -0.39 is 11.0 Å². The van der Waals surface area contributed by atoms with Crippen LogP contribution in [0.3, 0.4) is 0 Å². The van der Waals surface area contributed by atoms with Crippen LogP contribution in [0.25, 0.3) is 0 Å². The summed E-state index contributed by atoms with van der Waals surface area (Å²) >= 11 is 12.8. The summed E-state index contributed by atoms with van der Waals surface area (Å²) in [6.07, 6.45) is 1.43. The summed E-state index contributed by atoms with van der Waals surface area (Å²) in [6.45, 7) is 1.68. The molecule has 0 fully saturated rings. The predicted molar refractivity (Wildman–Crippen MR) is 93.8 cm³/mol. The van der Waals surface area contributed by atoms with E-state index in [0.717, 1.165) is 23.1 Å². The number of nitriles is 2. The Bertz CT molecular complexity index is 908. The summed E-state index contributed by atoms with van der Waals surface area (Å²) in [7, 11) is 1.57. The molecule has 9 heteroatoms. The SMILES string of the molecule is CC(=S)C(C=S)(c1sncc1C#N)c1sn(C)c(=O)c1C#N. The molecule has 0 aliphatic heterocycles. The van der Waals surface area contributed by atoms with E-state index in [0.29, 0.717) is 20.2 Å². The van der Waals surface area contributed by atoms with Gasteiger partial charge in [-0.2, -0.15) is 14.9 Å². The van der Waals surface area contributed by atoms with Crippen molar-refractivity contribution >= 4 is 57.7 Å². The van der Waals surface area contributed by atoms with Crippen molar-refractivity contribution in [1.29, 1.82) is 10.5 Å². The van der Waals surface area contributed by atoms with Crippen molar-refractivity contribution in [2.75, 3.05) is 0 Å². The molecule has 22 heavy (non-hydrogen) atoms. The van der Waals surface area contributed by atoms with Crippen LogP contribution in [0.1, 0.15) is 27.8 Å². The highest BCUT2D eigenvalue weighted by Crippen LogP contribution is 2.40. The lowest BCUT2D eigenvalue weighted by Crippen LogP contribution is -2.35. The van der Waals surface area contributed by atoms with Gasteiger partial charge in [0.25, 0.3) is 5.56 Å². The zero-order valence-electron chi connectivity index (χ0n) is 11.5. The van der Waals surface area contributed by atoms with Crippen molar-refractivity contribution in [2.45, 2.75) is 12.3 Å². The van der Waals surface area contributed by atoms with E-state index in [2.05, 4.69) is 10.4 Å². The lowest BCUT2D eigenvalue weighted by Gasteiger charge is -2.26. The molecule has 0 aliphatic rings. The lowest BCUT2D eigenvalue weighted by atomic mass is 9.80. The molecule has 0 aliphatic carbocycles. The van der Waals surface area contributed by atoms with Gasteiger partial charge in [-0.3, -0.25) is 8.75 Å². The zero-order valence-corrected chi connectivity index (χ0v) is 14.8. The molecule has 0 saturated heterocycles. The van der Waals surface area contributed by atoms with E-state index in [1.54, 1.807) is 14.0 Å². The van der Waals surface area contributed by atoms with Gasteiger partial charge in [0, 0.05) is 17.3 Å². The second-order valence-corrected chi connectivity index (χ2v) is 7.16. The molecule has 1 unspecified atom stereocenters. The van der Waals surface area contributed by atoms with Gasteiger partial charge in [0.15, 0.2) is 0 Å². The van der Waals surface area contributed by atoms with Gasteiger partial charge < -0.3 is 0 Å². The van der Waals surface area contributed by atoms with Crippen LogP contribution in [0.5, 0.6) is 0 Å². The Morgan fingerprint density at radius 3 is 2.64 bits per heavy atom. The summed E-state index contributed by atoms with van der Waals surface area (Å²) in [5, 5.41) is 20.0. The molecule has 2 aromatic rings. The van der Waals surface area contributed by atoms with Crippen molar-refractivity contribution in [3.05, 3.63) is 37.4 Å². The number of aryl methyl sites for hydroxylation is 1. The van der Waals surface area contributed by atoms with Crippen LogP contribution in [-0.4, -0.2) is 18.6 Å². The number of hydrogen-bond donors (Lipinski definition) is 0. The maximum atomic E-state index is 12.1. The summed E-state index contributed by atoms with van der Waals surface area (Å²) in [4.78, 5) is 13.5. The van der Waals surface area contributed by atoms with Crippen LogP contribution in [0, 0.1) is 22.7 Å². The van der Waals surface area contributed by atoms with Gasteiger partial charge in [-0.15, -0.1) is 0 Å². The van der Waals surface area contributed by atoms with Crippen LogP contribution < -0.4 is 5.56 Å². The molecule has 0 saturated carbocycles. The standard InChI is InChI=1S/C13H8N4OS4/c1-7(20)13(6-19,10-8(3-14)5-16-21-10)11-9(4-15)12(18)17(2)22-11/h5-6H,1-2H3. The molecule has 0 spiro atoms. The molecule has 1 atom stereocenters. The minimum Gasteiger partial charge on any atom is -0.267 e. The first kappa shape index (κ1) is 16.6. The second-order valence-electron chi connectivity index (χ2n) is 4.37. The Labute approximate surface area is 145 Å². The Morgan fingerprint density at radius 1 is 1.45 bits per heavy atom. The van der Waals surface area contributed by atoms with Gasteiger partial charge in [0.1, 0.15) is 23.1 Å². The molecule has 0 bridgehead atoms. The first-order valence-corrected chi connectivity index (χ1v) is 8.30. The second kappa shape index (κ2) is 6.15. The molecular weight excluding hydrogens is 356 g/mol. The molecule has 0 aromatic carbocycles. The van der Waals surface area contributed by atoms with E-state index in [4.69, 9.17) is 24.4 Å². The van der Waals surface area contributed by atoms with Gasteiger partial charge in [-0.1, -0.05) is 36.0 Å².